The molecular weight excluding hydrogens is 400 g/mol. The number of hydrogen-bond acceptors (Lipinski definition) is 8. The Kier molecular flexibility index (Phi) is 6.37. The van der Waals surface area contributed by atoms with Gasteiger partial charge in [0.05, 0.1) is 16.7 Å². The fourth-order valence-electron chi connectivity index (χ4n) is 2.36. The van der Waals surface area contributed by atoms with Crippen LogP contribution in [0.1, 0.15) is 5.56 Å². The molecule has 0 fully saturated rings. The molecule has 14 heteroatoms. The fourth-order valence-corrected chi connectivity index (χ4v) is 2.36. The Morgan fingerprint density at radius 3 is 2.43 bits per heavy atom. The number of hydrogen-bond donors (Lipinski definition) is 2. The van der Waals surface area contributed by atoms with Crippen molar-refractivity contribution in [2.24, 2.45) is 0 Å². The third kappa shape index (κ3) is 6.33. The van der Waals surface area contributed by atoms with E-state index in [9.17, 15) is 13.9 Å². The molecule has 11 nitrogen and oxygen atoms in total. The van der Waals surface area contributed by atoms with Gasteiger partial charge in [0.1, 0.15) is 36.4 Å². The Bertz CT molecular complexity index is 1020. The van der Waals surface area contributed by atoms with Crippen molar-refractivity contribution >= 4 is 10.1 Å². The molecule has 0 bridgehead atoms. The molecule has 0 saturated carbocycles. The predicted molar refractivity (Wildman–Crippen MR) is 88.5 cm³/mol. The number of rotatable bonds is 5. The van der Waals surface area contributed by atoms with Crippen LogP contribution in [0.3, 0.4) is 0 Å². The number of nitrogens with two attached hydrogens (primary N) is 1. The zero-order valence-corrected chi connectivity index (χ0v) is 15.4. The summed E-state index contributed by atoms with van der Waals surface area (Å²) < 4.78 is 58.5. The molecule has 2 aromatic heterocycles. The first-order chi connectivity index (χ1) is 13.0. The Hall–Kier alpha value is -2.97. The lowest BCUT2D eigenvalue weighted by molar-refractivity contribution is -0.639. The van der Waals surface area contributed by atoms with Crippen molar-refractivity contribution in [1.82, 2.24) is 24.5 Å². The summed E-state index contributed by atoms with van der Waals surface area (Å²) in [4.78, 5) is 3.79. The Balaban J connectivity index is 0.000000500. The smallest absolute Gasteiger partial charge is 0.286 e. The van der Waals surface area contributed by atoms with Crippen LogP contribution in [0.2, 0.25) is 0 Å². The third-order valence-electron chi connectivity index (χ3n) is 3.35. The van der Waals surface area contributed by atoms with Crippen molar-refractivity contribution < 1.29 is 31.5 Å². The molecule has 0 radical (unpaired) electrons. The highest BCUT2D eigenvalue weighted by Crippen LogP contribution is 2.28. The van der Waals surface area contributed by atoms with E-state index in [0.29, 0.717) is 12.3 Å². The summed E-state index contributed by atoms with van der Waals surface area (Å²) >= 11 is 0. The monoisotopic (exact) mass is 417 g/mol. The lowest BCUT2D eigenvalue weighted by Crippen LogP contribution is -2.43. The maximum absolute atomic E-state index is 14.2. The van der Waals surface area contributed by atoms with E-state index in [0.717, 1.165) is 6.07 Å². The van der Waals surface area contributed by atoms with Gasteiger partial charge in [0.25, 0.3) is 6.33 Å². The topological polar surface area (TPSA) is 156 Å². The van der Waals surface area contributed by atoms with Gasteiger partial charge in [0.15, 0.2) is 0 Å². The number of aromatic nitrogens is 6. The quantitative estimate of drug-likeness (QED) is 0.289. The minimum Gasteiger partial charge on any atom is -0.748 e. The van der Waals surface area contributed by atoms with E-state index in [-0.39, 0.29) is 18.7 Å². The molecule has 1 aromatic carbocycles. The minimum atomic E-state index is -3.92. The van der Waals surface area contributed by atoms with E-state index >= 15 is 0 Å². The van der Waals surface area contributed by atoms with Crippen molar-refractivity contribution in [1.29, 1.82) is 0 Å². The standard InChI is InChI=1S/C13H14F2N7O.CH4O3S/c14-10-1-2-11(12(15)3-10)13(23,4-21-7-17-6-18-21)5-22-9-20(16)8-19-22;1-5(2,3)4/h1-3,6-9,23H,4-5,16H2;1H3,(H,2,3,4)/q+1;/p-1. The van der Waals surface area contributed by atoms with Crippen molar-refractivity contribution in [2.45, 2.75) is 18.7 Å². The Morgan fingerprint density at radius 2 is 1.93 bits per heavy atom. The van der Waals surface area contributed by atoms with Crippen molar-refractivity contribution in [2.75, 3.05) is 12.1 Å². The Morgan fingerprint density at radius 1 is 1.29 bits per heavy atom. The molecule has 3 aromatic rings. The second-order valence-corrected chi connectivity index (χ2v) is 7.25. The van der Waals surface area contributed by atoms with E-state index in [4.69, 9.17) is 18.8 Å². The summed E-state index contributed by atoms with van der Waals surface area (Å²) in [6.07, 6.45) is 6.04. The number of nitrogens with zero attached hydrogens (tertiary/aromatic N) is 6. The molecule has 0 saturated heterocycles. The van der Waals surface area contributed by atoms with Gasteiger partial charge in [-0.1, -0.05) is 6.07 Å². The normalized spacial score (nSPS) is 13.5. The van der Waals surface area contributed by atoms with Gasteiger partial charge in [-0.2, -0.15) is 5.10 Å². The molecule has 0 aliphatic carbocycles. The van der Waals surface area contributed by atoms with E-state index in [1.165, 1.54) is 45.4 Å². The zero-order chi connectivity index (χ0) is 20.9. The van der Waals surface area contributed by atoms with Crippen LogP contribution in [0.4, 0.5) is 8.78 Å². The molecular formula is C14H17F2N7O4S. The molecule has 0 spiro atoms. The average Bonchev–Trinajstić information content (AvgIpc) is 3.17. The van der Waals surface area contributed by atoms with Crippen molar-refractivity contribution in [3.8, 4) is 0 Å². The SMILES string of the molecule is CS(=O)(=O)[O-].N[n+]1cnn(CC(O)(Cn2cncn2)c2ccc(F)cc2F)c1. The van der Waals surface area contributed by atoms with Crippen LogP contribution in [0.25, 0.3) is 0 Å². The number of halogens is 2. The van der Waals surface area contributed by atoms with Gasteiger partial charge in [-0.05, 0) is 6.07 Å². The molecule has 0 aliphatic rings. The van der Waals surface area contributed by atoms with Crippen LogP contribution in [0.15, 0.2) is 43.5 Å². The summed E-state index contributed by atoms with van der Waals surface area (Å²) in [5.41, 5.74) is -1.81. The summed E-state index contributed by atoms with van der Waals surface area (Å²) in [5.74, 6) is 3.93. The second kappa shape index (κ2) is 8.37. The first-order valence-corrected chi connectivity index (χ1v) is 9.38. The lowest BCUT2D eigenvalue weighted by atomic mass is 9.93. The van der Waals surface area contributed by atoms with Gasteiger partial charge in [0, 0.05) is 23.0 Å². The van der Waals surface area contributed by atoms with Crippen LogP contribution < -0.4 is 10.5 Å². The summed E-state index contributed by atoms with van der Waals surface area (Å²) in [6.45, 7) is -0.209. The lowest BCUT2D eigenvalue weighted by Gasteiger charge is -2.26. The van der Waals surface area contributed by atoms with Crippen molar-refractivity contribution in [3.63, 3.8) is 0 Å². The van der Waals surface area contributed by atoms with Gasteiger partial charge in [-0.15, -0.1) is 9.36 Å². The fraction of sp³-hybridized carbons (Fsp3) is 0.286. The van der Waals surface area contributed by atoms with Crippen LogP contribution in [0.5, 0.6) is 0 Å². The van der Waals surface area contributed by atoms with Gasteiger partial charge in [-0.25, -0.2) is 26.9 Å². The number of nitrogen functional groups attached to an aromatic ring is 1. The summed E-state index contributed by atoms with van der Waals surface area (Å²) in [7, 11) is -3.92. The first-order valence-electron chi connectivity index (χ1n) is 7.56. The molecule has 152 valence electrons. The van der Waals surface area contributed by atoms with Crippen LogP contribution in [0, 0.1) is 11.6 Å². The summed E-state index contributed by atoms with van der Waals surface area (Å²) in [5, 5.41) is 18.9. The first kappa shape index (κ1) is 21.3. The third-order valence-corrected chi connectivity index (χ3v) is 3.35. The number of benzene rings is 1. The van der Waals surface area contributed by atoms with Gasteiger partial charge < -0.3 is 9.66 Å². The molecule has 1 atom stereocenters. The van der Waals surface area contributed by atoms with E-state index < -0.39 is 27.4 Å². The van der Waals surface area contributed by atoms with E-state index in [2.05, 4.69) is 15.2 Å². The predicted octanol–water partition coefficient (Wildman–Crippen LogP) is -1.50. The zero-order valence-electron chi connectivity index (χ0n) is 14.6. The van der Waals surface area contributed by atoms with Crippen LogP contribution >= 0.6 is 0 Å². The number of aliphatic hydroxyl groups is 1. The van der Waals surface area contributed by atoms with E-state index in [1.807, 2.05) is 0 Å². The van der Waals surface area contributed by atoms with Gasteiger partial charge >= 0.3 is 0 Å². The largest absolute Gasteiger partial charge is 0.748 e. The maximum Gasteiger partial charge on any atom is 0.286 e. The molecule has 0 amide bonds. The molecule has 3 N–H and O–H groups in total. The molecule has 1 unspecified atom stereocenters. The highest BCUT2D eigenvalue weighted by Gasteiger charge is 2.36. The van der Waals surface area contributed by atoms with E-state index in [1.54, 1.807) is 0 Å². The molecule has 0 aliphatic heterocycles. The molecule has 28 heavy (non-hydrogen) atoms. The second-order valence-electron chi connectivity index (χ2n) is 5.84. The Labute approximate surface area is 158 Å². The van der Waals surface area contributed by atoms with Crippen LogP contribution in [-0.2, 0) is 28.8 Å². The molecule has 3 rings (SSSR count). The summed E-state index contributed by atoms with van der Waals surface area (Å²) in [6, 6.07) is 2.99. The minimum absolute atomic E-state index is 0.0755. The highest BCUT2D eigenvalue weighted by atomic mass is 32.2. The van der Waals surface area contributed by atoms with Gasteiger partial charge in [-0.3, -0.25) is 5.84 Å². The highest BCUT2D eigenvalue weighted by molar-refractivity contribution is 7.84. The molecule has 2 heterocycles. The van der Waals surface area contributed by atoms with Gasteiger partial charge in [0.2, 0.25) is 6.33 Å². The maximum atomic E-state index is 14.2. The average molecular weight is 417 g/mol. The van der Waals surface area contributed by atoms with Crippen LogP contribution in [-0.4, -0.2) is 48.9 Å². The van der Waals surface area contributed by atoms with Crippen molar-refractivity contribution in [3.05, 3.63) is 60.7 Å².